The number of nitrogens with one attached hydrogen (secondary N) is 1. The van der Waals surface area contributed by atoms with E-state index < -0.39 is 0 Å². The van der Waals surface area contributed by atoms with Crippen LogP contribution in [0.5, 0.6) is 0 Å². The third-order valence-corrected chi connectivity index (χ3v) is 4.14. The zero-order valence-corrected chi connectivity index (χ0v) is 12.9. The van der Waals surface area contributed by atoms with Gasteiger partial charge in [0.25, 0.3) is 0 Å². The molecule has 102 valence electrons. The Balaban J connectivity index is 1.58. The van der Waals surface area contributed by atoms with Gasteiger partial charge in [-0.1, -0.05) is 6.07 Å². The molecule has 20 heavy (non-hydrogen) atoms. The van der Waals surface area contributed by atoms with Crippen LogP contribution in [0.3, 0.4) is 0 Å². The van der Waals surface area contributed by atoms with Crippen LogP contribution in [0.2, 0.25) is 0 Å². The summed E-state index contributed by atoms with van der Waals surface area (Å²) >= 11 is 4.93. The standard InChI is InChI=1S/C14H12BrN3OS/c15-13-4-3-11(19-13)12-8-18-14(20-12)9-17-7-10-2-1-5-16-6-10/h1-6,8,17H,7,9H2. The number of pyridine rings is 1. The van der Waals surface area contributed by atoms with Gasteiger partial charge in [-0.3, -0.25) is 4.98 Å². The quantitative estimate of drug-likeness (QED) is 0.759. The van der Waals surface area contributed by atoms with Crippen LogP contribution in [0.15, 0.2) is 51.9 Å². The molecular weight excluding hydrogens is 338 g/mol. The van der Waals surface area contributed by atoms with E-state index in [4.69, 9.17) is 4.42 Å². The fraction of sp³-hybridized carbons (Fsp3) is 0.143. The van der Waals surface area contributed by atoms with E-state index in [1.54, 1.807) is 17.5 Å². The van der Waals surface area contributed by atoms with Crippen molar-refractivity contribution in [2.45, 2.75) is 13.1 Å². The van der Waals surface area contributed by atoms with Crippen molar-refractivity contribution < 1.29 is 4.42 Å². The smallest absolute Gasteiger partial charge is 0.169 e. The summed E-state index contributed by atoms with van der Waals surface area (Å²) in [7, 11) is 0. The van der Waals surface area contributed by atoms with Crippen molar-refractivity contribution in [3.05, 3.63) is 58.1 Å². The highest BCUT2D eigenvalue weighted by molar-refractivity contribution is 9.10. The predicted molar refractivity (Wildman–Crippen MR) is 82.3 cm³/mol. The Morgan fingerprint density at radius 3 is 2.90 bits per heavy atom. The molecule has 3 aromatic heterocycles. The van der Waals surface area contributed by atoms with Gasteiger partial charge < -0.3 is 9.73 Å². The van der Waals surface area contributed by atoms with Crippen LogP contribution in [0.4, 0.5) is 0 Å². The van der Waals surface area contributed by atoms with Crippen molar-refractivity contribution in [2.24, 2.45) is 0 Å². The van der Waals surface area contributed by atoms with Gasteiger partial charge in [0.05, 0.1) is 4.88 Å². The summed E-state index contributed by atoms with van der Waals surface area (Å²) in [6.07, 6.45) is 5.48. The third-order valence-electron chi connectivity index (χ3n) is 2.70. The lowest BCUT2D eigenvalue weighted by atomic mass is 10.3. The van der Waals surface area contributed by atoms with E-state index in [1.807, 2.05) is 36.7 Å². The molecule has 4 nitrogen and oxygen atoms in total. The lowest BCUT2D eigenvalue weighted by Crippen LogP contribution is -2.12. The van der Waals surface area contributed by atoms with Gasteiger partial charge in [0.2, 0.25) is 0 Å². The minimum atomic E-state index is 0.733. The summed E-state index contributed by atoms with van der Waals surface area (Å²) in [6.45, 7) is 1.52. The molecule has 0 aromatic carbocycles. The molecule has 0 aliphatic heterocycles. The van der Waals surface area contributed by atoms with Crippen LogP contribution in [0.25, 0.3) is 10.6 Å². The van der Waals surface area contributed by atoms with Crippen molar-refractivity contribution >= 4 is 27.3 Å². The first-order chi connectivity index (χ1) is 9.81. The van der Waals surface area contributed by atoms with Crippen LogP contribution in [-0.2, 0) is 13.1 Å². The van der Waals surface area contributed by atoms with Crippen molar-refractivity contribution in [2.75, 3.05) is 0 Å². The van der Waals surface area contributed by atoms with Gasteiger partial charge in [0.1, 0.15) is 10.8 Å². The van der Waals surface area contributed by atoms with Gasteiger partial charge >= 0.3 is 0 Å². The summed E-state index contributed by atoms with van der Waals surface area (Å²) in [5.74, 6) is 0.841. The van der Waals surface area contributed by atoms with Crippen molar-refractivity contribution in [1.29, 1.82) is 0 Å². The molecule has 6 heteroatoms. The maximum absolute atomic E-state index is 5.52. The minimum absolute atomic E-state index is 0.733. The van der Waals surface area contributed by atoms with Gasteiger partial charge in [0.15, 0.2) is 4.67 Å². The van der Waals surface area contributed by atoms with Gasteiger partial charge in [-0.25, -0.2) is 4.98 Å². The molecule has 1 N–H and O–H groups in total. The Hall–Kier alpha value is -1.50. The van der Waals surface area contributed by atoms with E-state index in [0.29, 0.717) is 0 Å². The van der Waals surface area contributed by atoms with Crippen LogP contribution in [-0.4, -0.2) is 9.97 Å². The van der Waals surface area contributed by atoms with Crippen molar-refractivity contribution in [1.82, 2.24) is 15.3 Å². The van der Waals surface area contributed by atoms with E-state index >= 15 is 0 Å². The maximum Gasteiger partial charge on any atom is 0.169 e. The van der Waals surface area contributed by atoms with Gasteiger partial charge in [0, 0.05) is 31.7 Å². The second kappa shape index (κ2) is 6.30. The van der Waals surface area contributed by atoms with Crippen molar-refractivity contribution in [3.63, 3.8) is 0 Å². The molecule has 0 unspecified atom stereocenters. The van der Waals surface area contributed by atoms with Crippen LogP contribution in [0, 0.1) is 0 Å². The summed E-state index contributed by atoms with van der Waals surface area (Å²) in [5, 5.41) is 4.39. The maximum atomic E-state index is 5.52. The number of thiazole rings is 1. The normalized spacial score (nSPS) is 10.8. The highest BCUT2D eigenvalue weighted by Crippen LogP contribution is 2.29. The highest BCUT2D eigenvalue weighted by atomic mass is 79.9. The zero-order chi connectivity index (χ0) is 13.8. The molecule has 0 aliphatic rings. The summed E-state index contributed by atoms with van der Waals surface area (Å²) in [4.78, 5) is 9.52. The molecular formula is C14H12BrN3OS. The first kappa shape index (κ1) is 13.5. The number of nitrogens with zero attached hydrogens (tertiary/aromatic N) is 2. The lowest BCUT2D eigenvalue weighted by Gasteiger charge is -2.01. The number of furan rings is 1. The molecule has 0 bridgehead atoms. The highest BCUT2D eigenvalue weighted by Gasteiger charge is 2.08. The average Bonchev–Trinajstić information content (AvgIpc) is 3.09. The second-order valence-electron chi connectivity index (χ2n) is 4.19. The SMILES string of the molecule is Brc1ccc(-c2cnc(CNCc3cccnc3)s2)o1. The molecule has 0 spiro atoms. The number of rotatable bonds is 5. The van der Waals surface area contributed by atoms with Gasteiger partial charge in [-0.05, 0) is 39.7 Å². The van der Waals surface area contributed by atoms with Crippen LogP contribution in [0.1, 0.15) is 10.6 Å². The molecule has 0 fully saturated rings. The Morgan fingerprint density at radius 1 is 1.20 bits per heavy atom. The molecule has 0 saturated heterocycles. The first-order valence-corrected chi connectivity index (χ1v) is 7.72. The predicted octanol–water partition coefficient (Wildman–Crippen LogP) is 3.85. The summed E-state index contributed by atoms with van der Waals surface area (Å²) < 4.78 is 6.25. The molecule has 3 aromatic rings. The number of halogens is 1. The van der Waals surface area contributed by atoms with Gasteiger partial charge in [-0.15, -0.1) is 11.3 Å². The third kappa shape index (κ3) is 3.33. The van der Waals surface area contributed by atoms with E-state index in [1.165, 1.54) is 5.56 Å². The van der Waals surface area contributed by atoms with E-state index in [0.717, 1.165) is 33.4 Å². The lowest BCUT2D eigenvalue weighted by molar-refractivity contribution is 0.557. The molecule has 0 amide bonds. The Bertz CT molecular complexity index is 681. The number of hydrogen-bond donors (Lipinski definition) is 1. The van der Waals surface area contributed by atoms with Crippen molar-refractivity contribution in [3.8, 4) is 10.6 Å². The van der Waals surface area contributed by atoms with Gasteiger partial charge in [-0.2, -0.15) is 0 Å². The minimum Gasteiger partial charge on any atom is -0.448 e. The number of aromatic nitrogens is 2. The summed E-state index contributed by atoms with van der Waals surface area (Å²) in [5.41, 5.74) is 1.17. The largest absolute Gasteiger partial charge is 0.448 e. The van der Waals surface area contributed by atoms with Crippen LogP contribution < -0.4 is 5.32 Å². The molecule has 3 heterocycles. The summed E-state index contributed by atoms with van der Waals surface area (Å²) in [6, 6.07) is 7.81. The fourth-order valence-electron chi connectivity index (χ4n) is 1.77. The molecule has 0 aliphatic carbocycles. The van der Waals surface area contributed by atoms with E-state index in [2.05, 4.69) is 31.2 Å². The topological polar surface area (TPSA) is 51.0 Å². The molecule has 3 rings (SSSR count). The monoisotopic (exact) mass is 349 g/mol. The van der Waals surface area contributed by atoms with E-state index in [9.17, 15) is 0 Å². The zero-order valence-electron chi connectivity index (χ0n) is 10.5. The molecule has 0 atom stereocenters. The first-order valence-electron chi connectivity index (χ1n) is 6.11. The molecule has 0 saturated carbocycles. The number of hydrogen-bond acceptors (Lipinski definition) is 5. The molecule has 0 radical (unpaired) electrons. The fourth-order valence-corrected chi connectivity index (χ4v) is 2.92. The Kier molecular flexibility index (Phi) is 4.25. The Morgan fingerprint density at radius 2 is 2.15 bits per heavy atom. The second-order valence-corrected chi connectivity index (χ2v) is 6.08. The Labute approximate surface area is 129 Å². The average molecular weight is 350 g/mol. The van der Waals surface area contributed by atoms with Crippen LogP contribution >= 0.6 is 27.3 Å². The van der Waals surface area contributed by atoms with E-state index in [-0.39, 0.29) is 0 Å².